The molecule has 0 spiro atoms. The Hall–Kier alpha value is 0.0569. The SMILES string of the molecule is C[Si]1(CCCNCCN)OCCO1. The van der Waals surface area contributed by atoms with Gasteiger partial charge in [-0.1, -0.05) is 0 Å². The summed E-state index contributed by atoms with van der Waals surface area (Å²) in [5, 5.41) is 3.26. The van der Waals surface area contributed by atoms with E-state index in [1.54, 1.807) is 0 Å². The summed E-state index contributed by atoms with van der Waals surface area (Å²) in [6.45, 7) is 6.36. The Labute approximate surface area is 81.0 Å². The van der Waals surface area contributed by atoms with Gasteiger partial charge in [0.15, 0.2) is 0 Å². The molecule has 0 unspecified atom stereocenters. The van der Waals surface area contributed by atoms with Crippen molar-refractivity contribution in [1.82, 2.24) is 5.32 Å². The maximum atomic E-state index is 5.61. The molecule has 0 aromatic carbocycles. The molecule has 0 bridgehead atoms. The summed E-state index contributed by atoms with van der Waals surface area (Å²) in [6, 6.07) is 1.09. The summed E-state index contributed by atoms with van der Waals surface area (Å²) in [7, 11) is -1.72. The first kappa shape index (κ1) is 11.1. The van der Waals surface area contributed by atoms with Gasteiger partial charge in [0.1, 0.15) is 0 Å². The Bertz CT molecular complexity index is 140. The highest BCUT2D eigenvalue weighted by Gasteiger charge is 2.34. The van der Waals surface area contributed by atoms with Crippen molar-refractivity contribution < 1.29 is 8.85 Å². The highest BCUT2D eigenvalue weighted by Crippen LogP contribution is 2.19. The first-order chi connectivity index (χ1) is 6.27. The van der Waals surface area contributed by atoms with Crippen LogP contribution in [0.25, 0.3) is 0 Å². The topological polar surface area (TPSA) is 56.5 Å². The summed E-state index contributed by atoms with van der Waals surface area (Å²) < 4.78 is 11.2. The van der Waals surface area contributed by atoms with Crippen LogP contribution in [0.15, 0.2) is 0 Å². The van der Waals surface area contributed by atoms with Crippen molar-refractivity contribution in [2.24, 2.45) is 5.73 Å². The Balaban J connectivity index is 1.98. The van der Waals surface area contributed by atoms with E-state index in [-0.39, 0.29) is 0 Å². The van der Waals surface area contributed by atoms with Gasteiger partial charge in [-0.15, -0.1) is 0 Å². The van der Waals surface area contributed by atoms with Gasteiger partial charge in [-0.05, 0) is 25.6 Å². The van der Waals surface area contributed by atoms with Crippen molar-refractivity contribution >= 4 is 8.56 Å². The maximum Gasteiger partial charge on any atom is 0.335 e. The lowest BCUT2D eigenvalue weighted by molar-refractivity contribution is 0.339. The van der Waals surface area contributed by atoms with Gasteiger partial charge >= 0.3 is 8.56 Å². The third kappa shape index (κ3) is 4.19. The molecular weight excluding hydrogens is 184 g/mol. The third-order valence-corrected chi connectivity index (χ3v) is 5.10. The van der Waals surface area contributed by atoms with Crippen molar-refractivity contribution in [1.29, 1.82) is 0 Å². The van der Waals surface area contributed by atoms with E-state index in [4.69, 9.17) is 14.6 Å². The van der Waals surface area contributed by atoms with Crippen LogP contribution >= 0.6 is 0 Å². The monoisotopic (exact) mass is 204 g/mol. The molecule has 0 saturated carbocycles. The van der Waals surface area contributed by atoms with Crippen LogP contribution in [-0.2, 0) is 8.85 Å². The fourth-order valence-corrected chi connectivity index (χ4v) is 3.68. The second-order valence-electron chi connectivity index (χ2n) is 3.47. The largest absolute Gasteiger partial charge is 0.392 e. The molecule has 13 heavy (non-hydrogen) atoms. The van der Waals surface area contributed by atoms with E-state index in [1.807, 2.05) is 0 Å². The van der Waals surface area contributed by atoms with E-state index in [9.17, 15) is 0 Å². The molecule has 5 heteroatoms. The molecule has 1 aliphatic rings. The van der Waals surface area contributed by atoms with Crippen LogP contribution in [0.1, 0.15) is 6.42 Å². The highest BCUT2D eigenvalue weighted by molar-refractivity contribution is 6.66. The molecule has 0 aromatic heterocycles. The molecule has 4 nitrogen and oxygen atoms in total. The third-order valence-electron chi connectivity index (χ3n) is 2.20. The van der Waals surface area contributed by atoms with Gasteiger partial charge < -0.3 is 19.9 Å². The van der Waals surface area contributed by atoms with Crippen molar-refractivity contribution in [3.8, 4) is 0 Å². The lowest BCUT2D eigenvalue weighted by atomic mass is 10.5. The minimum atomic E-state index is -1.72. The number of nitrogens with one attached hydrogen (secondary N) is 1. The molecule has 0 aromatic rings. The summed E-state index contributed by atoms with van der Waals surface area (Å²) in [4.78, 5) is 0. The second-order valence-corrected chi connectivity index (χ2v) is 6.82. The average Bonchev–Trinajstić information content (AvgIpc) is 2.53. The van der Waals surface area contributed by atoms with E-state index in [0.717, 1.165) is 38.8 Å². The van der Waals surface area contributed by atoms with Crippen LogP contribution in [-0.4, -0.2) is 41.4 Å². The van der Waals surface area contributed by atoms with Crippen LogP contribution in [0.4, 0.5) is 0 Å². The first-order valence-corrected chi connectivity index (χ1v) is 7.48. The summed E-state index contributed by atoms with van der Waals surface area (Å²) in [5.74, 6) is 0. The Morgan fingerprint density at radius 3 is 2.62 bits per heavy atom. The van der Waals surface area contributed by atoms with E-state index in [1.165, 1.54) is 0 Å². The first-order valence-electron chi connectivity index (χ1n) is 4.95. The number of hydrogen-bond acceptors (Lipinski definition) is 4. The fraction of sp³-hybridized carbons (Fsp3) is 1.00. The lowest BCUT2D eigenvalue weighted by Crippen LogP contribution is -2.33. The summed E-state index contributed by atoms with van der Waals surface area (Å²) >= 11 is 0. The van der Waals surface area contributed by atoms with Crippen LogP contribution in [0, 0.1) is 0 Å². The molecule has 1 rings (SSSR count). The predicted molar refractivity (Wildman–Crippen MR) is 54.9 cm³/mol. The van der Waals surface area contributed by atoms with E-state index < -0.39 is 8.56 Å². The lowest BCUT2D eigenvalue weighted by Gasteiger charge is -2.17. The molecule has 1 heterocycles. The Kier molecular flexibility index (Phi) is 4.90. The molecule has 1 fully saturated rings. The normalized spacial score (nSPS) is 20.8. The molecule has 1 aliphatic heterocycles. The molecule has 3 N–H and O–H groups in total. The van der Waals surface area contributed by atoms with Crippen LogP contribution in [0.5, 0.6) is 0 Å². The molecule has 0 atom stereocenters. The molecule has 1 saturated heterocycles. The maximum absolute atomic E-state index is 5.61. The van der Waals surface area contributed by atoms with Gasteiger partial charge in [-0.3, -0.25) is 0 Å². The molecular formula is C8H20N2O2Si. The highest BCUT2D eigenvalue weighted by atomic mass is 28.4. The summed E-state index contributed by atoms with van der Waals surface area (Å²) in [6.07, 6.45) is 1.13. The molecule has 0 aliphatic carbocycles. The Morgan fingerprint density at radius 2 is 2.00 bits per heavy atom. The van der Waals surface area contributed by atoms with Gasteiger partial charge in [-0.25, -0.2) is 0 Å². The van der Waals surface area contributed by atoms with Gasteiger partial charge in [0, 0.05) is 13.1 Å². The molecule has 78 valence electrons. The molecule has 0 amide bonds. The number of rotatable bonds is 6. The van der Waals surface area contributed by atoms with Crippen LogP contribution in [0.3, 0.4) is 0 Å². The van der Waals surface area contributed by atoms with E-state index in [2.05, 4.69) is 11.9 Å². The average molecular weight is 204 g/mol. The molecule has 0 radical (unpaired) electrons. The number of nitrogens with two attached hydrogens (primary N) is 1. The fourth-order valence-electron chi connectivity index (χ4n) is 1.46. The predicted octanol–water partition coefficient (Wildman–Crippen LogP) is 0.0436. The Morgan fingerprint density at radius 1 is 1.31 bits per heavy atom. The van der Waals surface area contributed by atoms with Crippen molar-refractivity contribution in [3.63, 3.8) is 0 Å². The van der Waals surface area contributed by atoms with Gasteiger partial charge in [-0.2, -0.15) is 0 Å². The zero-order chi connectivity index (χ0) is 9.57. The quantitative estimate of drug-likeness (QED) is 0.474. The van der Waals surface area contributed by atoms with Gasteiger partial charge in [0.05, 0.1) is 13.2 Å². The van der Waals surface area contributed by atoms with E-state index in [0.29, 0.717) is 6.54 Å². The van der Waals surface area contributed by atoms with Crippen LogP contribution < -0.4 is 11.1 Å². The minimum Gasteiger partial charge on any atom is -0.392 e. The second kappa shape index (κ2) is 5.72. The van der Waals surface area contributed by atoms with Crippen molar-refractivity contribution in [2.45, 2.75) is 19.0 Å². The van der Waals surface area contributed by atoms with Crippen molar-refractivity contribution in [2.75, 3.05) is 32.8 Å². The minimum absolute atomic E-state index is 0.710. The van der Waals surface area contributed by atoms with Crippen molar-refractivity contribution in [3.05, 3.63) is 0 Å². The summed E-state index contributed by atoms with van der Waals surface area (Å²) in [5.41, 5.74) is 5.36. The smallest absolute Gasteiger partial charge is 0.335 e. The zero-order valence-corrected chi connectivity index (χ0v) is 9.34. The van der Waals surface area contributed by atoms with Crippen LogP contribution in [0.2, 0.25) is 12.6 Å². The standard InChI is InChI=1S/C8H20N2O2Si/c1-13(11-6-7-12-13)8-2-4-10-5-3-9/h10H,2-9H2,1H3. The van der Waals surface area contributed by atoms with E-state index >= 15 is 0 Å². The van der Waals surface area contributed by atoms with Gasteiger partial charge in [0.25, 0.3) is 0 Å². The zero-order valence-electron chi connectivity index (χ0n) is 8.34. The number of hydrogen-bond donors (Lipinski definition) is 2. The van der Waals surface area contributed by atoms with Gasteiger partial charge in [0.2, 0.25) is 0 Å².